The third-order valence-electron chi connectivity index (χ3n) is 4.76. The molecule has 0 aliphatic rings. The molecular formula is C23H24BrN3OS. The molecule has 0 saturated carbocycles. The second-order valence-electron chi connectivity index (χ2n) is 6.83. The molecule has 0 aliphatic heterocycles. The highest BCUT2D eigenvalue weighted by atomic mass is 79.9. The fourth-order valence-corrected chi connectivity index (χ4v) is 4.61. The number of benzene rings is 2. The van der Waals surface area contributed by atoms with Gasteiger partial charge in [-0.25, -0.2) is 5.43 Å². The van der Waals surface area contributed by atoms with Gasteiger partial charge in [0.15, 0.2) is 0 Å². The Morgan fingerprint density at radius 3 is 2.41 bits per heavy atom. The van der Waals surface area contributed by atoms with Gasteiger partial charge in [-0.05, 0) is 67.4 Å². The zero-order valence-corrected chi connectivity index (χ0v) is 19.3. The number of carbonyl (C=O) groups excluding carboxylic acids is 1. The molecule has 0 bridgehead atoms. The van der Waals surface area contributed by atoms with Gasteiger partial charge in [0, 0.05) is 32.0 Å². The first-order valence-corrected chi connectivity index (χ1v) is 11.1. The standard InChI is InChI=1S/C23H24BrN3OS/c1-15-10-8-9-13-21(15)27-16(2)20(22(24)17(27)3)14-25-26-23(28)18(4)29-19-11-6-5-7-12-19/h5-14,18H,1-4H3,(H,26,28)/b25-14-/t18-/m0/s1. The third kappa shape index (κ3) is 4.82. The molecular weight excluding hydrogens is 446 g/mol. The maximum Gasteiger partial charge on any atom is 0.253 e. The Labute approximate surface area is 184 Å². The van der Waals surface area contributed by atoms with Crippen LogP contribution in [0, 0.1) is 20.8 Å². The smallest absolute Gasteiger partial charge is 0.253 e. The van der Waals surface area contributed by atoms with Crippen molar-refractivity contribution in [1.29, 1.82) is 0 Å². The summed E-state index contributed by atoms with van der Waals surface area (Å²) in [5.74, 6) is -0.126. The molecule has 1 atom stereocenters. The van der Waals surface area contributed by atoms with Crippen LogP contribution in [0.3, 0.4) is 0 Å². The number of halogens is 1. The molecule has 1 N–H and O–H groups in total. The van der Waals surface area contributed by atoms with Gasteiger partial charge in [0.25, 0.3) is 5.91 Å². The second-order valence-corrected chi connectivity index (χ2v) is 9.03. The summed E-state index contributed by atoms with van der Waals surface area (Å²) < 4.78 is 3.18. The Balaban J connectivity index is 1.75. The predicted molar refractivity (Wildman–Crippen MR) is 125 cm³/mol. The van der Waals surface area contributed by atoms with Crippen LogP contribution in [0.2, 0.25) is 0 Å². The lowest BCUT2D eigenvalue weighted by molar-refractivity contribution is -0.120. The summed E-state index contributed by atoms with van der Waals surface area (Å²) in [6.07, 6.45) is 1.71. The predicted octanol–water partition coefficient (Wildman–Crippen LogP) is 5.80. The van der Waals surface area contributed by atoms with Gasteiger partial charge in [-0.1, -0.05) is 36.4 Å². The largest absolute Gasteiger partial charge is 0.316 e. The van der Waals surface area contributed by atoms with Gasteiger partial charge >= 0.3 is 0 Å². The van der Waals surface area contributed by atoms with Crippen molar-refractivity contribution in [2.75, 3.05) is 0 Å². The Bertz CT molecular complexity index is 1040. The lowest BCUT2D eigenvalue weighted by atomic mass is 10.2. The quantitative estimate of drug-likeness (QED) is 0.281. The van der Waals surface area contributed by atoms with Crippen molar-refractivity contribution in [3.8, 4) is 5.69 Å². The summed E-state index contributed by atoms with van der Waals surface area (Å²) in [5.41, 5.74) is 8.11. The molecule has 0 radical (unpaired) electrons. The number of aryl methyl sites for hydroxylation is 1. The summed E-state index contributed by atoms with van der Waals surface area (Å²) in [7, 11) is 0. The van der Waals surface area contributed by atoms with Crippen LogP contribution in [0.1, 0.15) is 29.4 Å². The molecule has 4 nitrogen and oxygen atoms in total. The fourth-order valence-electron chi connectivity index (χ4n) is 3.16. The number of nitrogens with zero attached hydrogens (tertiary/aromatic N) is 2. The normalized spacial score (nSPS) is 12.3. The lowest BCUT2D eigenvalue weighted by Gasteiger charge is -2.12. The molecule has 1 heterocycles. The zero-order chi connectivity index (χ0) is 21.0. The number of hydrazone groups is 1. The number of para-hydroxylation sites is 1. The van der Waals surface area contributed by atoms with E-state index in [0.29, 0.717) is 0 Å². The minimum atomic E-state index is -0.239. The summed E-state index contributed by atoms with van der Waals surface area (Å²) in [5, 5.41) is 3.98. The van der Waals surface area contributed by atoms with Crippen LogP contribution in [0.4, 0.5) is 0 Å². The molecule has 1 amide bonds. The monoisotopic (exact) mass is 469 g/mol. The van der Waals surface area contributed by atoms with Gasteiger partial charge in [-0.3, -0.25) is 4.79 Å². The molecule has 150 valence electrons. The number of rotatable bonds is 6. The molecule has 0 fully saturated rings. The number of hydrogen-bond acceptors (Lipinski definition) is 3. The van der Waals surface area contributed by atoms with Crippen molar-refractivity contribution in [2.45, 2.75) is 37.8 Å². The number of amides is 1. The maximum atomic E-state index is 12.4. The molecule has 29 heavy (non-hydrogen) atoms. The van der Waals surface area contributed by atoms with Crippen molar-refractivity contribution in [2.24, 2.45) is 5.10 Å². The van der Waals surface area contributed by atoms with Crippen LogP contribution in [-0.4, -0.2) is 21.9 Å². The van der Waals surface area contributed by atoms with Gasteiger partial charge in [-0.2, -0.15) is 5.10 Å². The Hall–Kier alpha value is -2.31. The van der Waals surface area contributed by atoms with Crippen molar-refractivity contribution in [3.05, 3.63) is 81.6 Å². The number of nitrogens with one attached hydrogen (secondary N) is 1. The number of thioether (sulfide) groups is 1. The Morgan fingerprint density at radius 2 is 1.72 bits per heavy atom. The van der Waals surface area contributed by atoms with Crippen molar-refractivity contribution >= 4 is 39.8 Å². The van der Waals surface area contributed by atoms with Crippen molar-refractivity contribution in [1.82, 2.24) is 9.99 Å². The van der Waals surface area contributed by atoms with Gasteiger partial charge in [-0.15, -0.1) is 11.8 Å². The van der Waals surface area contributed by atoms with Crippen LogP contribution in [0.15, 0.2) is 69.1 Å². The van der Waals surface area contributed by atoms with E-state index >= 15 is 0 Å². The van der Waals surface area contributed by atoms with Crippen LogP contribution < -0.4 is 5.43 Å². The van der Waals surface area contributed by atoms with E-state index in [1.54, 1.807) is 6.21 Å². The van der Waals surface area contributed by atoms with E-state index < -0.39 is 0 Å². The van der Waals surface area contributed by atoms with Gasteiger partial charge in [0.05, 0.1) is 11.5 Å². The van der Waals surface area contributed by atoms with E-state index in [2.05, 4.69) is 63.9 Å². The summed E-state index contributed by atoms with van der Waals surface area (Å²) in [4.78, 5) is 13.4. The van der Waals surface area contributed by atoms with Gasteiger partial charge in [0.2, 0.25) is 0 Å². The van der Waals surface area contributed by atoms with E-state index in [1.165, 1.54) is 17.3 Å². The van der Waals surface area contributed by atoms with Crippen molar-refractivity contribution < 1.29 is 4.79 Å². The maximum absolute atomic E-state index is 12.4. The molecule has 0 saturated heterocycles. The zero-order valence-electron chi connectivity index (χ0n) is 16.9. The van der Waals surface area contributed by atoms with Crippen LogP contribution in [0.25, 0.3) is 5.69 Å². The van der Waals surface area contributed by atoms with Gasteiger partial charge < -0.3 is 4.57 Å². The van der Waals surface area contributed by atoms with Crippen LogP contribution in [-0.2, 0) is 4.79 Å². The summed E-state index contributed by atoms with van der Waals surface area (Å²) in [6, 6.07) is 18.2. The first-order chi connectivity index (χ1) is 13.9. The fraction of sp³-hybridized carbons (Fsp3) is 0.217. The van der Waals surface area contributed by atoms with E-state index in [-0.39, 0.29) is 11.2 Å². The van der Waals surface area contributed by atoms with E-state index in [4.69, 9.17) is 0 Å². The lowest BCUT2D eigenvalue weighted by Crippen LogP contribution is -2.26. The van der Waals surface area contributed by atoms with Crippen LogP contribution in [0.5, 0.6) is 0 Å². The van der Waals surface area contributed by atoms with E-state index in [0.717, 1.165) is 32.0 Å². The second kappa shape index (κ2) is 9.46. The number of carbonyl (C=O) groups is 1. The number of aromatic nitrogens is 1. The molecule has 0 spiro atoms. The average molecular weight is 470 g/mol. The first kappa shape index (κ1) is 21.4. The number of hydrogen-bond donors (Lipinski definition) is 1. The molecule has 2 aromatic carbocycles. The first-order valence-electron chi connectivity index (χ1n) is 9.38. The highest BCUT2D eigenvalue weighted by Gasteiger charge is 2.17. The minimum Gasteiger partial charge on any atom is -0.316 e. The Kier molecular flexibility index (Phi) is 6.98. The molecule has 3 aromatic rings. The Morgan fingerprint density at radius 1 is 1.07 bits per heavy atom. The summed E-state index contributed by atoms with van der Waals surface area (Å²) >= 11 is 5.20. The summed E-state index contributed by atoms with van der Waals surface area (Å²) in [6.45, 7) is 8.10. The molecule has 0 unspecified atom stereocenters. The van der Waals surface area contributed by atoms with E-state index in [1.807, 2.05) is 49.4 Å². The SMILES string of the molecule is Cc1ccccc1-n1c(C)c(Br)c(/C=N\NC(=O)[C@H](C)Sc2ccccc2)c1C. The molecule has 1 aromatic heterocycles. The highest BCUT2D eigenvalue weighted by molar-refractivity contribution is 9.10. The third-order valence-corrected chi connectivity index (χ3v) is 6.88. The van der Waals surface area contributed by atoms with Gasteiger partial charge in [0.1, 0.15) is 0 Å². The van der Waals surface area contributed by atoms with E-state index in [9.17, 15) is 4.79 Å². The molecule has 6 heteroatoms. The van der Waals surface area contributed by atoms with Crippen molar-refractivity contribution in [3.63, 3.8) is 0 Å². The van der Waals surface area contributed by atoms with Crippen LogP contribution >= 0.6 is 27.7 Å². The average Bonchev–Trinajstić information content (AvgIpc) is 2.92. The molecule has 0 aliphatic carbocycles. The highest BCUT2D eigenvalue weighted by Crippen LogP contribution is 2.30. The topological polar surface area (TPSA) is 46.4 Å². The minimum absolute atomic E-state index is 0.126. The molecule has 3 rings (SSSR count).